The van der Waals surface area contributed by atoms with Gasteiger partial charge in [-0.1, -0.05) is 26.0 Å². The Morgan fingerprint density at radius 3 is 2.67 bits per heavy atom. The first-order valence-corrected chi connectivity index (χ1v) is 8.30. The lowest BCUT2D eigenvalue weighted by atomic mass is 10.00. The van der Waals surface area contributed by atoms with E-state index in [1.807, 2.05) is 13.1 Å². The zero-order valence-electron chi connectivity index (χ0n) is 14.4. The van der Waals surface area contributed by atoms with Crippen LogP contribution in [0.1, 0.15) is 36.6 Å². The Labute approximate surface area is 141 Å². The van der Waals surface area contributed by atoms with Gasteiger partial charge in [-0.05, 0) is 55.2 Å². The first kappa shape index (κ1) is 14.9. The summed E-state index contributed by atoms with van der Waals surface area (Å²) in [7, 11) is 0. The highest BCUT2D eigenvalue weighted by Gasteiger charge is 2.16. The monoisotopic (exact) mass is 316 g/mol. The summed E-state index contributed by atoms with van der Waals surface area (Å²) in [6, 6.07) is 12.6. The van der Waals surface area contributed by atoms with Crippen LogP contribution < -0.4 is 0 Å². The van der Waals surface area contributed by atoms with E-state index < -0.39 is 0 Å². The third-order valence-corrected chi connectivity index (χ3v) is 4.52. The zero-order valence-corrected chi connectivity index (χ0v) is 14.4. The van der Waals surface area contributed by atoms with E-state index in [1.165, 1.54) is 11.1 Å². The van der Waals surface area contributed by atoms with E-state index in [0.717, 1.165) is 33.3 Å². The van der Waals surface area contributed by atoms with Gasteiger partial charge in [0, 0.05) is 22.8 Å². The molecule has 3 heteroatoms. The highest BCUT2D eigenvalue weighted by atomic mass is 16.3. The molecule has 0 aliphatic carbocycles. The smallest absolute Gasteiger partial charge is 0.227 e. The van der Waals surface area contributed by atoms with Crippen LogP contribution in [0, 0.1) is 13.8 Å². The molecule has 0 N–H and O–H groups in total. The molecular formula is C21H20N2O. The second-order valence-corrected chi connectivity index (χ2v) is 6.67. The molecule has 0 radical (unpaired) electrons. The number of furan rings is 1. The SMILES string of the molecule is Cc1cc(C)c2c(n1)oc1c(-c3cc(C(C)C)ccn3)cccc12. The van der Waals surface area contributed by atoms with Crippen molar-refractivity contribution < 1.29 is 4.42 Å². The van der Waals surface area contributed by atoms with Gasteiger partial charge in [-0.3, -0.25) is 4.98 Å². The lowest BCUT2D eigenvalue weighted by Gasteiger charge is -2.07. The Morgan fingerprint density at radius 2 is 1.88 bits per heavy atom. The number of pyridine rings is 2. The van der Waals surface area contributed by atoms with Gasteiger partial charge in [-0.2, -0.15) is 0 Å². The Bertz CT molecular complexity index is 1060. The predicted molar refractivity (Wildman–Crippen MR) is 98.3 cm³/mol. The van der Waals surface area contributed by atoms with Crippen LogP contribution in [-0.4, -0.2) is 9.97 Å². The molecule has 0 saturated carbocycles. The molecule has 24 heavy (non-hydrogen) atoms. The van der Waals surface area contributed by atoms with Crippen molar-refractivity contribution in [3.8, 4) is 11.3 Å². The molecule has 0 fully saturated rings. The van der Waals surface area contributed by atoms with Crippen LogP contribution in [0.3, 0.4) is 0 Å². The minimum absolute atomic E-state index is 0.466. The topological polar surface area (TPSA) is 38.9 Å². The van der Waals surface area contributed by atoms with Gasteiger partial charge in [0.25, 0.3) is 0 Å². The van der Waals surface area contributed by atoms with Crippen molar-refractivity contribution in [1.82, 2.24) is 9.97 Å². The molecule has 4 rings (SSSR count). The molecule has 0 amide bonds. The van der Waals surface area contributed by atoms with Gasteiger partial charge in [-0.25, -0.2) is 4.98 Å². The normalized spacial score (nSPS) is 11.7. The van der Waals surface area contributed by atoms with Crippen LogP contribution in [0.15, 0.2) is 47.0 Å². The van der Waals surface area contributed by atoms with Gasteiger partial charge in [-0.15, -0.1) is 0 Å². The predicted octanol–water partition coefficient (Wildman–Crippen LogP) is 5.78. The maximum absolute atomic E-state index is 6.15. The molecule has 3 nitrogen and oxygen atoms in total. The Kier molecular flexibility index (Phi) is 3.38. The van der Waals surface area contributed by atoms with Crippen molar-refractivity contribution in [1.29, 1.82) is 0 Å². The van der Waals surface area contributed by atoms with E-state index in [0.29, 0.717) is 11.6 Å². The third kappa shape index (κ3) is 2.28. The summed E-state index contributed by atoms with van der Waals surface area (Å²) in [4.78, 5) is 9.14. The summed E-state index contributed by atoms with van der Waals surface area (Å²) in [6.45, 7) is 8.48. The van der Waals surface area contributed by atoms with Gasteiger partial charge < -0.3 is 4.42 Å². The number of hydrogen-bond donors (Lipinski definition) is 0. The molecule has 4 aromatic rings. The molecule has 120 valence electrons. The number of fused-ring (bicyclic) bond motifs is 3. The number of aryl methyl sites for hydroxylation is 2. The Morgan fingerprint density at radius 1 is 1.04 bits per heavy atom. The molecule has 0 bridgehead atoms. The summed E-state index contributed by atoms with van der Waals surface area (Å²) in [5.41, 5.74) is 6.97. The lowest BCUT2D eigenvalue weighted by molar-refractivity contribution is 0.653. The number of benzene rings is 1. The Hall–Kier alpha value is -2.68. The lowest BCUT2D eigenvalue weighted by Crippen LogP contribution is -1.90. The van der Waals surface area contributed by atoms with Crippen LogP contribution in [0.25, 0.3) is 33.3 Å². The summed E-state index contributed by atoms with van der Waals surface area (Å²) >= 11 is 0. The fraction of sp³-hybridized carbons (Fsp3) is 0.238. The first-order valence-electron chi connectivity index (χ1n) is 8.30. The van der Waals surface area contributed by atoms with Crippen molar-refractivity contribution in [3.05, 3.63) is 59.4 Å². The summed E-state index contributed by atoms with van der Waals surface area (Å²) in [6.07, 6.45) is 1.87. The fourth-order valence-corrected chi connectivity index (χ4v) is 3.30. The van der Waals surface area contributed by atoms with E-state index in [4.69, 9.17) is 4.42 Å². The maximum Gasteiger partial charge on any atom is 0.227 e. The molecule has 0 aliphatic heterocycles. The average molecular weight is 316 g/mol. The van der Waals surface area contributed by atoms with Gasteiger partial charge in [0.2, 0.25) is 5.71 Å². The fourth-order valence-electron chi connectivity index (χ4n) is 3.30. The summed E-state index contributed by atoms with van der Waals surface area (Å²) in [5, 5.41) is 2.20. The molecule has 3 heterocycles. The molecule has 0 atom stereocenters. The van der Waals surface area contributed by atoms with E-state index in [-0.39, 0.29) is 0 Å². The van der Waals surface area contributed by atoms with Crippen molar-refractivity contribution in [2.75, 3.05) is 0 Å². The van der Waals surface area contributed by atoms with Crippen molar-refractivity contribution in [3.63, 3.8) is 0 Å². The standard InChI is InChI=1S/C21H20N2O/c1-12(2)15-8-9-22-18(11-15)16-6-5-7-17-19-13(3)10-14(4)23-21(19)24-20(16)17/h5-12H,1-4H3. The first-order chi connectivity index (χ1) is 11.5. The highest BCUT2D eigenvalue weighted by molar-refractivity contribution is 6.09. The van der Waals surface area contributed by atoms with Crippen LogP contribution in [0.5, 0.6) is 0 Å². The average Bonchev–Trinajstić information content (AvgIpc) is 2.93. The second kappa shape index (κ2) is 5.45. The molecule has 1 aromatic carbocycles. The van der Waals surface area contributed by atoms with Crippen LogP contribution in [0.4, 0.5) is 0 Å². The molecule has 3 aromatic heterocycles. The molecule has 0 unspecified atom stereocenters. The number of para-hydroxylation sites is 1. The van der Waals surface area contributed by atoms with E-state index >= 15 is 0 Å². The Balaban J connectivity index is 2.03. The largest absolute Gasteiger partial charge is 0.437 e. The van der Waals surface area contributed by atoms with E-state index in [2.05, 4.69) is 67.1 Å². The summed E-state index contributed by atoms with van der Waals surface area (Å²) in [5.74, 6) is 0.466. The molecule has 0 saturated heterocycles. The van der Waals surface area contributed by atoms with Gasteiger partial charge >= 0.3 is 0 Å². The summed E-state index contributed by atoms with van der Waals surface area (Å²) < 4.78 is 6.15. The third-order valence-electron chi connectivity index (χ3n) is 4.52. The van der Waals surface area contributed by atoms with Gasteiger partial charge in [0.1, 0.15) is 5.58 Å². The molecular weight excluding hydrogens is 296 g/mol. The van der Waals surface area contributed by atoms with Crippen molar-refractivity contribution in [2.45, 2.75) is 33.6 Å². The van der Waals surface area contributed by atoms with E-state index in [9.17, 15) is 0 Å². The zero-order chi connectivity index (χ0) is 16.8. The number of rotatable bonds is 2. The maximum atomic E-state index is 6.15. The van der Waals surface area contributed by atoms with Crippen LogP contribution >= 0.6 is 0 Å². The minimum atomic E-state index is 0.466. The molecule has 0 spiro atoms. The van der Waals surface area contributed by atoms with E-state index in [1.54, 1.807) is 0 Å². The quantitative estimate of drug-likeness (QED) is 0.470. The van der Waals surface area contributed by atoms with Crippen molar-refractivity contribution in [2.24, 2.45) is 0 Å². The minimum Gasteiger partial charge on any atom is -0.437 e. The van der Waals surface area contributed by atoms with Crippen LogP contribution in [-0.2, 0) is 0 Å². The van der Waals surface area contributed by atoms with Gasteiger partial charge in [0.15, 0.2) is 0 Å². The van der Waals surface area contributed by atoms with Gasteiger partial charge in [0.05, 0.1) is 11.1 Å². The molecule has 0 aliphatic rings. The van der Waals surface area contributed by atoms with Crippen LogP contribution in [0.2, 0.25) is 0 Å². The van der Waals surface area contributed by atoms with Crippen molar-refractivity contribution >= 4 is 22.1 Å². The number of hydrogen-bond acceptors (Lipinski definition) is 3. The highest BCUT2D eigenvalue weighted by Crippen LogP contribution is 2.36. The number of nitrogens with zero attached hydrogens (tertiary/aromatic N) is 2. The number of aromatic nitrogens is 2. The second-order valence-electron chi connectivity index (χ2n) is 6.67.